The van der Waals surface area contributed by atoms with E-state index in [1.54, 1.807) is 0 Å². The predicted octanol–water partition coefficient (Wildman–Crippen LogP) is 2.95. The number of hydrogen-bond acceptors (Lipinski definition) is 6. The molecule has 3 aliphatic carbocycles. The molecule has 1 unspecified atom stereocenters. The maximum absolute atomic E-state index is 13.5. The number of aromatic nitrogens is 2. The molecule has 0 aliphatic heterocycles. The Labute approximate surface area is 197 Å². The Morgan fingerprint density at radius 1 is 1.18 bits per heavy atom. The van der Waals surface area contributed by atoms with Gasteiger partial charge < -0.3 is 20.5 Å². The van der Waals surface area contributed by atoms with Gasteiger partial charge >= 0.3 is 0 Å². The van der Waals surface area contributed by atoms with Crippen LogP contribution in [0.2, 0.25) is 5.02 Å². The second-order valence-corrected chi connectivity index (χ2v) is 9.06. The van der Waals surface area contributed by atoms with Gasteiger partial charge in [0.2, 0.25) is 0 Å². The minimum absolute atomic E-state index is 0.0592. The molecule has 1 aromatic heterocycles. The number of aliphatic hydroxyl groups is 1. The van der Waals surface area contributed by atoms with Crippen LogP contribution in [0.1, 0.15) is 54.7 Å². The summed E-state index contributed by atoms with van der Waals surface area (Å²) in [6, 6.07) is 3.84. The molecule has 12 heteroatoms. The Morgan fingerprint density at radius 2 is 1.91 bits per heavy atom. The maximum atomic E-state index is 13.5. The molecule has 1 aromatic carbocycles. The highest BCUT2D eigenvalue weighted by Crippen LogP contribution is 2.47. The summed E-state index contributed by atoms with van der Waals surface area (Å²) in [5, 5.41) is 16.5. The second kappa shape index (κ2) is 9.38. The van der Waals surface area contributed by atoms with Gasteiger partial charge in [-0.3, -0.25) is 14.6 Å². The summed E-state index contributed by atoms with van der Waals surface area (Å²) in [6.45, 7) is -0.370. The van der Waals surface area contributed by atoms with Crippen LogP contribution >= 0.6 is 11.6 Å². The minimum Gasteiger partial charge on any atom is -0.484 e. The van der Waals surface area contributed by atoms with E-state index in [0.717, 1.165) is 18.5 Å². The van der Waals surface area contributed by atoms with E-state index >= 15 is 0 Å². The van der Waals surface area contributed by atoms with E-state index in [-0.39, 0.29) is 29.5 Å². The molecule has 0 spiro atoms. The quantitative estimate of drug-likeness (QED) is 0.541. The van der Waals surface area contributed by atoms with E-state index in [2.05, 4.69) is 20.6 Å². The Hall–Kier alpha value is -2.92. The number of nitrogens with one attached hydrogen (secondary N) is 2. The van der Waals surface area contributed by atoms with E-state index in [9.17, 15) is 27.9 Å². The van der Waals surface area contributed by atoms with Crippen molar-refractivity contribution >= 4 is 23.4 Å². The molecule has 3 saturated carbocycles. The normalized spacial score (nSPS) is 25.8. The van der Waals surface area contributed by atoms with E-state index in [0.29, 0.717) is 25.7 Å². The van der Waals surface area contributed by atoms with Crippen molar-refractivity contribution < 1.29 is 32.6 Å². The van der Waals surface area contributed by atoms with Crippen molar-refractivity contribution in [3.63, 3.8) is 0 Å². The number of rotatable bonds is 7. The third-order valence-electron chi connectivity index (χ3n) is 6.48. The first kappa shape index (κ1) is 24.2. The van der Waals surface area contributed by atoms with Gasteiger partial charge in [0.1, 0.15) is 23.0 Å². The molecule has 0 radical (unpaired) electrons. The summed E-state index contributed by atoms with van der Waals surface area (Å²) in [5.74, 6) is -1.55. The number of carbonyl (C=O) groups excluding carboxylic acids is 2. The summed E-state index contributed by atoms with van der Waals surface area (Å²) in [4.78, 5) is 32.4. The molecular formula is C22H22ClF3N4O4. The van der Waals surface area contributed by atoms with Crippen molar-refractivity contribution in [2.24, 2.45) is 0 Å². The van der Waals surface area contributed by atoms with Crippen LogP contribution in [0.5, 0.6) is 5.75 Å². The van der Waals surface area contributed by atoms with Crippen molar-refractivity contribution in [2.45, 2.75) is 55.7 Å². The van der Waals surface area contributed by atoms with Crippen LogP contribution in [0.25, 0.3) is 0 Å². The lowest BCUT2D eigenvalue weighted by Crippen LogP contribution is -2.70. The molecule has 2 bridgehead atoms. The van der Waals surface area contributed by atoms with Crippen molar-refractivity contribution in [1.82, 2.24) is 20.6 Å². The number of amides is 2. The predicted molar refractivity (Wildman–Crippen MR) is 114 cm³/mol. The average Bonchev–Trinajstić information content (AvgIpc) is 2.81. The van der Waals surface area contributed by atoms with E-state index < -0.39 is 46.9 Å². The first-order valence-electron chi connectivity index (χ1n) is 10.6. The van der Waals surface area contributed by atoms with Gasteiger partial charge in [0, 0.05) is 11.6 Å². The fourth-order valence-electron chi connectivity index (χ4n) is 4.56. The molecule has 5 rings (SSSR count). The van der Waals surface area contributed by atoms with Crippen LogP contribution in [0, 0.1) is 5.82 Å². The Morgan fingerprint density at radius 3 is 2.50 bits per heavy atom. The van der Waals surface area contributed by atoms with Gasteiger partial charge in [-0.15, -0.1) is 0 Å². The zero-order valence-electron chi connectivity index (χ0n) is 17.9. The molecule has 3 aliphatic rings. The number of ether oxygens (including phenoxy) is 1. The van der Waals surface area contributed by atoms with Crippen LogP contribution in [0.3, 0.4) is 0 Å². The summed E-state index contributed by atoms with van der Waals surface area (Å²) >= 11 is 5.63. The zero-order chi connectivity index (χ0) is 24.5. The molecule has 34 heavy (non-hydrogen) atoms. The van der Waals surface area contributed by atoms with E-state index in [1.807, 2.05) is 0 Å². The fourth-order valence-corrected chi connectivity index (χ4v) is 4.68. The number of fused-ring (bicyclic) bond motifs is 3. The van der Waals surface area contributed by atoms with Crippen molar-refractivity contribution in [2.75, 3.05) is 6.61 Å². The number of halogens is 4. The summed E-state index contributed by atoms with van der Waals surface area (Å²) in [7, 11) is 0. The fraction of sp³-hybridized carbons (Fsp3) is 0.455. The number of hydrogen-bond donors (Lipinski definition) is 3. The van der Waals surface area contributed by atoms with Crippen LogP contribution in [-0.2, 0) is 4.79 Å². The number of aliphatic hydroxyl groups excluding tert-OH is 1. The highest BCUT2D eigenvalue weighted by Gasteiger charge is 2.55. The molecule has 1 atom stereocenters. The Bertz CT molecular complexity index is 1080. The first-order chi connectivity index (χ1) is 16.1. The monoisotopic (exact) mass is 498 g/mol. The molecule has 3 N–H and O–H groups in total. The lowest BCUT2D eigenvalue weighted by Gasteiger charge is -2.56. The largest absolute Gasteiger partial charge is 0.484 e. The molecule has 2 aromatic rings. The van der Waals surface area contributed by atoms with Gasteiger partial charge in [-0.1, -0.05) is 11.6 Å². The van der Waals surface area contributed by atoms with Crippen molar-refractivity contribution in [3.05, 3.63) is 52.8 Å². The molecule has 0 saturated heterocycles. The highest BCUT2D eigenvalue weighted by atomic mass is 35.5. The van der Waals surface area contributed by atoms with Gasteiger partial charge in [0.05, 0.1) is 29.1 Å². The maximum Gasteiger partial charge on any atom is 0.281 e. The van der Waals surface area contributed by atoms with Crippen LogP contribution in [0.15, 0.2) is 30.6 Å². The highest BCUT2D eigenvalue weighted by molar-refractivity contribution is 6.30. The summed E-state index contributed by atoms with van der Waals surface area (Å²) in [5.41, 5.74) is -2.19. The van der Waals surface area contributed by atoms with Gasteiger partial charge in [-0.05, 0) is 44.2 Å². The van der Waals surface area contributed by atoms with Crippen molar-refractivity contribution in [1.29, 1.82) is 0 Å². The number of benzene rings is 1. The number of nitrogens with zero attached hydrogens (tertiary/aromatic N) is 2. The molecule has 8 nitrogen and oxygen atoms in total. The Kier molecular flexibility index (Phi) is 6.68. The summed E-state index contributed by atoms with van der Waals surface area (Å²) < 4.78 is 44.1. The van der Waals surface area contributed by atoms with Gasteiger partial charge in [0.15, 0.2) is 6.61 Å². The third kappa shape index (κ3) is 4.95. The lowest BCUT2D eigenvalue weighted by atomic mass is 9.60. The first-order valence-corrected chi connectivity index (χ1v) is 11.0. The SMILES string of the molecule is O=C(COc1ccc(Cl)c(F)c1)NC12CCC(NC(=O)c3cnc(C(F)F)cn3)(CC1)CC2O. The topological polar surface area (TPSA) is 113 Å². The number of carbonyl (C=O) groups is 2. The second-order valence-electron chi connectivity index (χ2n) is 8.65. The van der Waals surface area contributed by atoms with E-state index in [1.165, 1.54) is 12.1 Å². The van der Waals surface area contributed by atoms with E-state index in [4.69, 9.17) is 16.3 Å². The van der Waals surface area contributed by atoms with Crippen LogP contribution in [0.4, 0.5) is 13.2 Å². The third-order valence-corrected chi connectivity index (χ3v) is 6.78. The molecular weight excluding hydrogens is 477 g/mol. The molecule has 2 amide bonds. The van der Waals surface area contributed by atoms with Gasteiger partial charge in [-0.2, -0.15) is 0 Å². The standard InChI is InChI=1S/C22H22ClF3N4O4/c23-13-2-1-12(7-14(13)24)34-11-18(32)29-22-5-3-21(4-6-22,8-17(22)31)30-20(33)16-10-27-15(9-28-16)19(25)26/h1-2,7,9-10,17,19,31H,3-6,8,11H2,(H,29,32)(H,30,33). The summed E-state index contributed by atoms with van der Waals surface area (Å²) in [6.07, 6.45) is 0.129. The van der Waals surface area contributed by atoms with Gasteiger partial charge in [-0.25, -0.2) is 18.2 Å². The minimum atomic E-state index is -2.78. The average molecular weight is 499 g/mol. The smallest absolute Gasteiger partial charge is 0.281 e. The van der Waals surface area contributed by atoms with Crippen LogP contribution < -0.4 is 15.4 Å². The van der Waals surface area contributed by atoms with Gasteiger partial charge in [0.25, 0.3) is 18.2 Å². The van der Waals surface area contributed by atoms with Crippen molar-refractivity contribution in [3.8, 4) is 5.75 Å². The van der Waals surface area contributed by atoms with Crippen LogP contribution in [-0.4, -0.2) is 50.7 Å². The molecule has 3 fully saturated rings. The number of alkyl halides is 2. The molecule has 1 heterocycles. The zero-order valence-corrected chi connectivity index (χ0v) is 18.6. The lowest BCUT2D eigenvalue weighted by molar-refractivity contribution is -0.132. The Balaban J connectivity index is 1.34. The molecule has 182 valence electrons.